The summed E-state index contributed by atoms with van der Waals surface area (Å²) >= 11 is 0. The molecule has 0 aliphatic heterocycles. The van der Waals surface area contributed by atoms with E-state index in [1.54, 1.807) is 35.0 Å². The molecule has 2 heterocycles. The SMILES string of the molecule is Cc1ccccc1-n1nc(C)c(-c2ccc3[nH]c(=O)cnc3c2)c1Nc1ccccc1C(=O)O. The van der Waals surface area contributed by atoms with Gasteiger partial charge in [-0.1, -0.05) is 36.4 Å². The monoisotopic (exact) mass is 451 g/mol. The van der Waals surface area contributed by atoms with Crippen molar-refractivity contribution in [3.8, 4) is 16.8 Å². The lowest BCUT2D eigenvalue weighted by Gasteiger charge is -2.15. The third-order valence-electron chi connectivity index (χ3n) is 5.68. The molecular formula is C26H21N5O3. The molecule has 0 saturated carbocycles. The lowest BCUT2D eigenvalue weighted by atomic mass is 10.0. The van der Waals surface area contributed by atoms with Crippen LogP contribution in [-0.2, 0) is 0 Å². The summed E-state index contributed by atoms with van der Waals surface area (Å²) in [6, 6.07) is 20.2. The molecule has 2 aromatic heterocycles. The molecule has 0 amide bonds. The predicted molar refractivity (Wildman–Crippen MR) is 131 cm³/mol. The fraction of sp³-hybridized carbons (Fsp3) is 0.0769. The Bertz CT molecular complexity index is 1620. The zero-order valence-electron chi connectivity index (χ0n) is 18.5. The van der Waals surface area contributed by atoms with E-state index in [1.165, 1.54) is 6.20 Å². The molecule has 5 aromatic rings. The van der Waals surface area contributed by atoms with E-state index in [0.29, 0.717) is 22.5 Å². The van der Waals surface area contributed by atoms with Gasteiger partial charge in [0.05, 0.1) is 39.9 Å². The molecule has 0 saturated heterocycles. The molecule has 3 aromatic carbocycles. The molecule has 0 aliphatic carbocycles. The number of nitrogens with one attached hydrogen (secondary N) is 2. The van der Waals surface area contributed by atoms with E-state index in [9.17, 15) is 14.7 Å². The average molecular weight is 451 g/mol. The first-order valence-electron chi connectivity index (χ1n) is 10.7. The summed E-state index contributed by atoms with van der Waals surface area (Å²) in [6.07, 6.45) is 1.25. The van der Waals surface area contributed by atoms with Gasteiger partial charge in [-0.05, 0) is 55.3 Å². The first-order chi connectivity index (χ1) is 16.4. The van der Waals surface area contributed by atoms with Crippen molar-refractivity contribution in [2.75, 3.05) is 5.32 Å². The maximum atomic E-state index is 11.9. The van der Waals surface area contributed by atoms with Crippen molar-refractivity contribution >= 4 is 28.5 Å². The minimum absolute atomic E-state index is 0.154. The highest BCUT2D eigenvalue weighted by molar-refractivity contribution is 5.96. The Morgan fingerprint density at radius 1 is 1.03 bits per heavy atom. The summed E-state index contributed by atoms with van der Waals surface area (Å²) in [4.78, 5) is 30.5. The van der Waals surface area contributed by atoms with E-state index < -0.39 is 5.97 Å². The van der Waals surface area contributed by atoms with Gasteiger partial charge in [-0.3, -0.25) is 4.79 Å². The number of carboxylic acid groups (broad SMARTS) is 1. The van der Waals surface area contributed by atoms with Crippen LogP contribution in [0.25, 0.3) is 27.8 Å². The van der Waals surface area contributed by atoms with Crippen molar-refractivity contribution in [3.05, 3.63) is 100 Å². The Labute approximate surface area is 194 Å². The highest BCUT2D eigenvalue weighted by Crippen LogP contribution is 2.37. The molecule has 0 aliphatic rings. The molecule has 0 unspecified atom stereocenters. The maximum Gasteiger partial charge on any atom is 0.337 e. The summed E-state index contributed by atoms with van der Waals surface area (Å²) in [5.41, 5.74) is 5.88. The van der Waals surface area contributed by atoms with E-state index in [1.807, 2.05) is 50.2 Å². The summed E-state index contributed by atoms with van der Waals surface area (Å²) in [7, 11) is 0. The Hall–Kier alpha value is -4.72. The third-order valence-corrected chi connectivity index (χ3v) is 5.68. The molecule has 168 valence electrons. The number of carboxylic acids is 1. The van der Waals surface area contributed by atoms with Crippen molar-refractivity contribution < 1.29 is 9.90 Å². The van der Waals surface area contributed by atoms with Crippen LogP contribution in [-0.4, -0.2) is 30.8 Å². The number of benzene rings is 3. The topological polar surface area (TPSA) is 113 Å². The minimum Gasteiger partial charge on any atom is -0.478 e. The van der Waals surface area contributed by atoms with Gasteiger partial charge in [0, 0.05) is 5.56 Å². The molecular weight excluding hydrogens is 430 g/mol. The molecule has 8 heteroatoms. The summed E-state index contributed by atoms with van der Waals surface area (Å²) in [5.74, 6) is -0.397. The number of aromatic nitrogens is 4. The fourth-order valence-electron chi connectivity index (χ4n) is 4.06. The van der Waals surface area contributed by atoms with Crippen molar-refractivity contribution in [2.45, 2.75) is 13.8 Å². The zero-order chi connectivity index (χ0) is 23.8. The number of aromatic amines is 1. The number of nitrogens with zero attached hydrogens (tertiary/aromatic N) is 3. The molecule has 0 fully saturated rings. The second-order valence-corrected chi connectivity index (χ2v) is 7.96. The van der Waals surface area contributed by atoms with E-state index in [-0.39, 0.29) is 11.1 Å². The average Bonchev–Trinajstić information content (AvgIpc) is 3.14. The zero-order valence-corrected chi connectivity index (χ0v) is 18.5. The van der Waals surface area contributed by atoms with Crippen LogP contribution in [0, 0.1) is 13.8 Å². The lowest BCUT2D eigenvalue weighted by molar-refractivity contribution is 0.0698. The number of hydrogen-bond donors (Lipinski definition) is 3. The second kappa shape index (κ2) is 8.32. The summed E-state index contributed by atoms with van der Waals surface area (Å²) in [6.45, 7) is 3.90. The predicted octanol–water partition coefficient (Wildman–Crippen LogP) is 4.83. The van der Waals surface area contributed by atoms with Crippen LogP contribution in [0.4, 0.5) is 11.5 Å². The molecule has 34 heavy (non-hydrogen) atoms. The van der Waals surface area contributed by atoms with Gasteiger partial charge in [0.2, 0.25) is 0 Å². The Morgan fingerprint density at radius 3 is 2.59 bits per heavy atom. The van der Waals surface area contributed by atoms with Crippen LogP contribution >= 0.6 is 0 Å². The van der Waals surface area contributed by atoms with Crippen LogP contribution in [0.15, 0.2) is 77.7 Å². The number of aryl methyl sites for hydroxylation is 2. The number of H-pyrrole nitrogens is 1. The smallest absolute Gasteiger partial charge is 0.337 e. The van der Waals surface area contributed by atoms with Crippen molar-refractivity contribution in [1.29, 1.82) is 0 Å². The third kappa shape index (κ3) is 3.71. The lowest BCUT2D eigenvalue weighted by Crippen LogP contribution is -2.08. The highest BCUT2D eigenvalue weighted by Gasteiger charge is 2.21. The van der Waals surface area contributed by atoms with E-state index in [0.717, 1.165) is 28.1 Å². The molecule has 3 N–H and O–H groups in total. The van der Waals surface area contributed by atoms with Gasteiger partial charge in [-0.25, -0.2) is 14.5 Å². The number of rotatable bonds is 5. The highest BCUT2D eigenvalue weighted by atomic mass is 16.4. The van der Waals surface area contributed by atoms with Crippen LogP contribution < -0.4 is 10.9 Å². The number of carbonyl (C=O) groups is 1. The van der Waals surface area contributed by atoms with Crippen molar-refractivity contribution in [1.82, 2.24) is 19.7 Å². The standard InChI is InChI=1S/C26H21N5O3/c1-15-7-3-6-10-22(15)31-25(29-19-9-5-4-8-18(19)26(33)34)24(16(2)30-31)17-11-12-20-21(13-17)27-14-23(32)28-20/h3-14,29H,1-2H3,(H,28,32)(H,33,34). The molecule has 0 atom stereocenters. The fourth-order valence-corrected chi connectivity index (χ4v) is 4.06. The first-order valence-corrected chi connectivity index (χ1v) is 10.7. The van der Waals surface area contributed by atoms with Crippen LogP contribution in [0.1, 0.15) is 21.6 Å². The van der Waals surface area contributed by atoms with E-state index >= 15 is 0 Å². The van der Waals surface area contributed by atoms with Crippen molar-refractivity contribution in [3.63, 3.8) is 0 Å². The summed E-state index contributed by atoms with van der Waals surface area (Å²) < 4.78 is 1.79. The number of para-hydroxylation sites is 2. The number of fused-ring (bicyclic) bond motifs is 1. The van der Waals surface area contributed by atoms with Crippen molar-refractivity contribution in [2.24, 2.45) is 0 Å². The largest absolute Gasteiger partial charge is 0.478 e. The quantitative estimate of drug-likeness (QED) is 0.353. The van der Waals surface area contributed by atoms with Crippen LogP contribution in [0.3, 0.4) is 0 Å². The van der Waals surface area contributed by atoms with Gasteiger partial charge in [0.25, 0.3) is 5.56 Å². The minimum atomic E-state index is -1.03. The summed E-state index contributed by atoms with van der Waals surface area (Å²) in [5, 5.41) is 17.9. The molecule has 0 radical (unpaired) electrons. The Kier molecular flexibility index (Phi) is 5.18. The van der Waals surface area contributed by atoms with Crippen LogP contribution in [0.2, 0.25) is 0 Å². The second-order valence-electron chi connectivity index (χ2n) is 7.96. The van der Waals surface area contributed by atoms with Gasteiger partial charge in [-0.15, -0.1) is 0 Å². The number of aromatic carboxylic acids is 1. The molecule has 0 spiro atoms. The molecule has 8 nitrogen and oxygen atoms in total. The molecule has 0 bridgehead atoms. The first kappa shape index (κ1) is 21.1. The Morgan fingerprint density at radius 2 is 1.79 bits per heavy atom. The number of anilines is 2. The maximum absolute atomic E-state index is 11.9. The normalized spacial score (nSPS) is 11.0. The van der Waals surface area contributed by atoms with Gasteiger partial charge < -0.3 is 15.4 Å². The van der Waals surface area contributed by atoms with Gasteiger partial charge in [0.15, 0.2) is 0 Å². The number of hydrogen-bond acceptors (Lipinski definition) is 5. The van der Waals surface area contributed by atoms with Crippen LogP contribution in [0.5, 0.6) is 0 Å². The van der Waals surface area contributed by atoms with E-state index in [4.69, 9.17) is 5.10 Å². The van der Waals surface area contributed by atoms with Gasteiger partial charge >= 0.3 is 5.97 Å². The van der Waals surface area contributed by atoms with Gasteiger partial charge in [0.1, 0.15) is 5.82 Å². The van der Waals surface area contributed by atoms with Gasteiger partial charge in [-0.2, -0.15) is 5.10 Å². The van der Waals surface area contributed by atoms with E-state index in [2.05, 4.69) is 15.3 Å². The molecule has 5 rings (SSSR count). The Balaban J connectivity index is 1.76.